The summed E-state index contributed by atoms with van der Waals surface area (Å²) in [4.78, 5) is 25.4. The molecule has 0 saturated carbocycles. The second-order valence-electron chi connectivity index (χ2n) is 8.73. The Balaban J connectivity index is 1.47. The number of thiazole rings is 1. The highest BCUT2D eigenvalue weighted by molar-refractivity contribution is 7.09. The fourth-order valence-corrected chi connectivity index (χ4v) is 5.57. The van der Waals surface area contributed by atoms with Crippen LogP contribution < -0.4 is 25.4 Å². The number of hydrogen-bond acceptors (Lipinski definition) is 8. The quantitative estimate of drug-likeness (QED) is 0.420. The SMILES string of the molecule is O=c1nc(N(Cc2ccc3c(c2)OCO3)C2CCNCC2)c2cc(Cl)ccc2n1Cc1cncs1. The Kier molecular flexibility index (Phi) is 6.05. The van der Waals surface area contributed by atoms with Gasteiger partial charge in [0.25, 0.3) is 0 Å². The summed E-state index contributed by atoms with van der Waals surface area (Å²) in [5, 5.41) is 4.91. The van der Waals surface area contributed by atoms with E-state index >= 15 is 0 Å². The highest BCUT2D eigenvalue weighted by Gasteiger charge is 2.26. The fraction of sp³-hybridized carbons (Fsp3) is 0.320. The average Bonchev–Trinajstić information content (AvgIpc) is 3.56. The van der Waals surface area contributed by atoms with E-state index in [0.29, 0.717) is 23.9 Å². The molecular weight excluding hydrogens is 486 g/mol. The number of aromatic nitrogens is 3. The van der Waals surface area contributed by atoms with Crippen molar-refractivity contribution in [2.45, 2.75) is 32.0 Å². The van der Waals surface area contributed by atoms with Gasteiger partial charge in [-0.2, -0.15) is 4.98 Å². The van der Waals surface area contributed by atoms with Crippen LogP contribution in [0, 0.1) is 0 Å². The van der Waals surface area contributed by atoms with E-state index in [0.717, 1.165) is 58.8 Å². The van der Waals surface area contributed by atoms with Crippen molar-refractivity contribution in [3.8, 4) is 11.5 Å². The van der Waals surface area contributed by atoms with Crippen LogP contribution in [0.5, 0.6) is 11.5 Å². The molecule has 0 atom stereocenters. The van der Waals surface area contributed by atoms with Gasteiger partial charge in [0.05, 0.1) is 17.6 Å². The van der Waals surface area contributed by atoms with Crippen molar-refractivity contribution in [1.29, 1.82) is 0 Å². The Morgan fingerprint density at radius 2 is 2.00 bits per heavy atom. The monoisotopic (exact) mass is 509 g/mol. The van der Waals surface area contributed by atoms with Crippen LogP contribution in [0.25, 0.3) is 10.9 Å². The van der Waals surface area contributed by atoms with Crippen LogP contribution in [0.3, 0.4) is 0 Å². The van der Waals surface area contributed by atoms with Crippen LogP contribution in [0.1, 0.15) is 23.3 Å². The van der Waals surface area contributed by atoms with Gasteiger partial charge in [0.2, 0.25) is 6.79 Å². The van der Waals surface area contributed by atoms with E-state index in [-0.39, 0.29) is 18.5 Å². The lowest BCUT2D eigenvalue weighted by molar-refractivity contribution is 0.174. The lowest BCUT2D eigenvalue weighted by Crippen LogP contribution is -2.44. The Morgan fingerprint density at radius 3 is 2.83 bits per heavy atom. The summed E-state index contributed by atoms with van der Waals surface area (Å²) in [5.41, 5.74) is 3.36. The number of rotatable bonds is 6. The third-order valence-corrected chi connectivity index (χ3v) is 7.53. The zero-order valence-electron chi connectivity index (χ0n) is 18.9. The predicted molar refractivity (Wildman–Crippen MR) is 137 cm³/mol. The molecule has 6 rings (SSSR count). The standard InChI is InChI=1S/C25H24ClN5O3S/c26-17-2-3-21-20(10-17)24(29-25(32)31(21)13-19-11-28-14-35-19)30(18-5-7-27-8-6-18)12-16-1-4-22-23(9-16)34-15-33-22/h1-4,9-11,14,18,27H,5-8,12-13,15H2. The number of benzene rings is 2. The van der Waals surface area contributed by atoms with Crippen LogP contribution in [0.15, 0.2) is 52.9 Å². The first-order valence-corrected chi connectivity index (χ1v) is 12.8. The Hall–Kier alpha value is -3.14. The topological polar surface area (TPSA) is 81.5 Å². The van der Waals surface area contributed by atoms with Gasteiger partial charge in [-0.05, 0) is 61.8 Å². The summed E-state index contributed by atoms with van der Waals surface area (Å²) >= 11 is 7.98. The number of piperidine rings is 1. The molecule has 0 unspecified atom stereocenters. The van der Waals surface area contributed by atoms with Gasteiger partial charge in [-0.3, -0.25) is 9.55 Å². The van der Waals surface area contributed by atoms with Gasteiger partial charge in [-0.15, -0.1) is 11.3 Å². The number of fused-ring (bicyclic) bond motifs is 2. The normalized spacial score (nSPS) is 15.6. The molecule has 180 valence electrons. The van der Waals surface area contributed by atoms with E-state index in [1.165, 1.54) is 11.3 Å². The molecule has 0 amide bonds. The van der Waals surface area contributed by atoms with E-state index < -0.39 is 0 Å². The molecule has 0 bridgehead atoms. The minimum atomic E-state index is -0.284. The van der Waals surface area contributed by atoms with Crippen molar-refractivity contribution in [1.82, 2.24) is 19.9 Å². The van der Waals surface area contributed by atoms with E-state index in [1.54, 1.807) is 16.3 Å². The first kappa shape index (κ1) is 22.3. The zero-order chi connectivity index (χ0) is 23.8. The van der Waals surface area contributed by atoms with Gasteiger partial charge in [-0.1, -0.05) is 17.7 Å². The number of anilines is 1. The molecule has 4 heterocycles. The van der Waals surface area contributed by atoms with Crippen LogP contribution in [0.4, 0.5) is 5.82 Å². The van der Waals surface area contributed by atoms with Gasteiger partial charge in [0.15, 0.2) is 11.5 Å². The maximum absolute atomic E-state index is 13.4. The lowest BCUT2D eigenvalue weighted by atomic mass is 10.0. The number of nitrogens with zero attached hydrogens (tertiary/aromatic N) is 4. The maximum Gasteiger partial charge on any atom is 0.350 e. The lowest BCUT2D eigenvalue weighted by Gasteiger charge is -2.36. The summed E-state index contributed by atoms with van der Waals surface area (Å²) in [5.74, 6) is 2.16. The molecule has 1 N–H and O–H groups in total. The molecule has 0 spiro atoms. The Morgan fingerprint density at radius 1 is 1.14 bits per heavy atom. The summed E-state index contributed by atoms with van der Waals surface area (Å²) in [6.07, 6.45) is 3.70. The molecule has 2 aromatic heterocycles. The molecule has 0 aliphatic carbocycles. The maximum atomic E-state index is 13.4. The summed E-state index contributed by atoms with van der Waals surface area (Å²) in [6.45, 7) is 3.09. The molecule has 2 aliphatic heterocycles. The van der Waals surface area contributed by atoms with Crippen molar-refractivity contribution in [2.75, 3.05) is 24.8 Å². The first-order chi connectivity index (χ1) is 17.2. The average molecular weight is 510 g/mol. The molecule has 10 heteroatoms. The molecule has 1 fully saturated rings. The first-order valence-electron chi connectivity index (χ1n) is 11.6. The van der Waals surface area contributed by atoms with E-state index in [9.17, 15) is 4.79 Å². The molecule has 2 aromatic carbocycles. The van der Waals surface area contributed by atoms with Gasteiger partial charge in [0, 0.05) is 34.1 Å². The molecule has 35 heavy (non-hydrogen) atoms. The van der Waals surface area contributed by atoms with Crippen molar-refractivity contribution in [3.63, 3.8) is 0 Å². The smallest absolute Gasteiger partial charge is 0.350 e. The van der Waals surface area contributed by atoms with Crippen LogP contribution >= 0.6 is 22.9 Å². The van der Waals surface area contributed by atoms with Gasteiger partial charge < -0.3 is 19.7 Å². The van der Waals surface area contributed by atoms with Crippen LogP contribution in [-0.4, -0.2) is 40.5 Å². The molecule has 1 saturated heterocycles. The Labute approximate surface area is 211 Å². The highest BCUT2D eigenvalue weighted by atomic mass is 35.5. The summed E-state index contributed by atoms with van der Waals surface area (Å²) < 4.78 is 12.8. The number of halogens is 1. The van der Waals surface area contributed by atoms with E-state index in [1.807, 2.05) is 36.4 Å². The van der Waals surface area contributed by atoms with Crippen molar-refractivity contribution < 1.29 is 9.47 Å². The van der Waals surface area contributed by atoms with Crippen LogP contribution in [0.2, 0.25) is 5.02 Å². The third kappa shape index (κ3) is 4.47. The molecular formula is C25H24ClN5O3S. The van der Waals surface area contributed by atoms with Crippen LogP contribution in [-0.2, 0) is 13.1 Å². The molecule has 2 aliphatic rings. The van der Waals surface area contributed by atoms with Gasteiger partial charge >= 0.3 is 5.69 Å². The predicted octanol–water partition coefficient (Wildman–Crippen LogP) is 4.04. The van der Waals surface area contributed by atoms with E-state index in [4.69, 9.17) is 21.1 Å². The number of hydrogen-bond donors (Lipinski definition) is 1. The third-order valence-electron chi connectivity index (χ3n) is 6.53. The molecule has 0 radical (unpaired) electrons. The minimum absolute atomic E-state index is 0.230. The second-order valence-corrected chi connectivity index (χ2v) is 10.1. The molecule has 8 nitrogen and oxygen atoms in total. The largest absolute Gasteiger partial charge is 0.454 e. The Bertz CT molecular complexity index is 1420. The summed E-state index contributed by atoms with van der Waals surface area (Å²) in [6, 6.07) is 11.9. The zero-order valence-corrected chi connectivity index (χ0v) is 20.5. The molecule has 4 aromatic rings. The number of ether oxygens (including phenoxy) is 2. The fourth-order valence-electron chi connectivity index (χ4n) is 4.82. The van der Waals surface area contributed by atoms with Gasteiger partial charge in [-0.25, -0.2) is 4.79 Å². The van der Waals surface area contributed by atoms with Crippen molar-refractivity contribution >= 4 is 39.7 Å². The highest BCUT2D eigenvalue weighted by Crippen LogP contribution is 2.35. The van der Waals surface area contributed by atoms with Crippen molar-refractivity contribution in [3.05, 3.63) is 74.1 Å². The van der Waals surface area contributed by atoms with E-state index in [2.05, 4.69) is 20.2 Å². The number of nitrogens with one attached hydrogen (secondary N) is 1. The van der Waals surface area contributed by atoms with Crippen molar-refractivity contribution in [2.24, 2.45) is 0 Å². The van der Waals surface area contributed by atoms with Gasteiger partial charge in [0.1, 0.15) is 5.82 Å². The second kappa shape index (κ2) is 9.49. The summed E-state index contributed by atoms with van der Waals surface area (Å²) in [7, 11) is 0. The minimum Gasteiger partial charge on any atom is -0.454 e.